The molecule has 1 fully saturated rings. The van der Waals surface area contributed by atoms with Crippen LogP contribution in [-0.2, 0) is 6.42 Å². The maximum Gasteiger partial charge on any atom is 0.197 e. The molecular weight excluding hydrogens is 211 g/mol. The first-order chi connectivity index (χ1) is 7.59. The lowest BCUT2D eigenvalue weighted by molar-refractivity contribution is 0.149. The summed E-state index contributed by atoms with van der Waals surface area (Å²) in [6, 6.07) is 2.97. The summed E-state index contributed by atoms with van der Waals surface area (Å²) < 4.78 is 23.5. The Morgan fingerprint density at radius 1 is 1.25 bits per heavy atom. The summed E-state index contributed by atoms with van der Waals surface area (Å²) in [6.07, 6.45) is 2.05. The van der Waals surface area contributed by atoms with Crippen molar-refractivity contribution in [2.75, 3.05) is 14.2 Å². The van der Waals surface area contributed by atoms with Gasteiger partial charge in [-0.2, -0.15) is 0 Å². The molecule has 0 aliphatic heterocycles. The van der Waals surface area contributed by atoms with Crippen LogP contribution in [0.3, 0.4) is 0 Å². The number of hydrogen-bond acceptors (Lipinski definition) is 3. The Bertz CT molecular complexity index is 399. The second kappa shape index (κ2) is 3.94. The highest BCUT2D eigenvalue weighted by atomic mass is 19.1. The minimum Gasteiger partial charge on any atom is -0.492 e. The lowest BCUT2D eigenvalue weighted by atomic mass is 10.0. The van der Waals surface area contributed by atoms with Gasteiger partial charge in [0.05, 0.1) is 19.8 Å². The van der Waals surface area contributed by atoms with Crippen molar-refractivity contribution >= 4 is 0 Å². The van der Waals surface area contributed by atoms with Crippen molar-refractivity contribution in [1.29, 1.82) is 0 Å². The van der Waals surface area contributed by atoms with E-state index in [1.165, 1.54) is 20.3 Å². The molecule has 0 saturated heterocycles. The molecule has 0 atom stereocenters. The van der Waals surface area contributed by atoms with Crippen LogP contribution in [0.1, 0.15) is 18.4 Å². The van der Waals surface area contributed by atoms with Crippen molar-refractivity contribution in [2.45, 2.75) is 24.9 Å². The molecular formula is C12H15FO3. The largest absolute Gasteiger partial charge is 0.492 e. The monoisotopic (exact) mass is 226 g/mol. The third-order valence-electron chi connectivity index (χ3n) is 2.90. The Balaban J connectivity index is 2.36. The van der Waals surface area contributed by atoms with Gasteiger partial charge in [0.1, 0.15) is 0 Å². The van der Waals surface area contributed by atoms with Gasteiger partial charge >= 0.3 is 0 Å². The molecule has 3 nitrogen and oxygen atoms in total. The standard InChI is InChI=1S/C12H15FO3/c1-15-10-8(7-12(14)5-6-12)3-4-9(13)11(10)16-2/h3-4,14H,5-7H2,1-2H3. The van der Waals surface area contributed by atoms with Gasteiger partial charge in [0.15, 0.2) is 17.3 Å². The van der Waals surface area contributed by atoms with E-state index in [1.54, 1.807) is 6.07 Å². The average molecular weight is 226 g/mol. The van der Waals surface area contributed by atoms with Gasteiger partial charge in [-0.25, -0.2) is 4.39 Å². The first-order valence-corrected chi connectivity index (χ1v) is 5.21. The number of benzene rings is 1. The van der Waals surface area contributed by atoms with Gasteiger partial charge in [-0.05, 0) is 18.9 Å². The predicted molar refractivity (Wildman–Crippen MR) is 57.4 cm³/mol. The second-order valence-electron chi connectivity index (χ2n) is 4.17. The number of methoxy groups -OCH3 is 2. The first kappa shape index (κ1) is 11.2. The normalized spacial score (nSPS) is 17.0. The molecule has 88 valence electrons. The molecule has 0 heterocycles. The number of rotatable bonds is 4. The first-order valence-electron chi connectivity index (χ1n) is 5.21. The van der Waals surface area contributed by atoms with E-state index in [0.29, 0.717) is 12.2 Å². The Hall–Kier alpha value is -1.29. The van der Waals surface area contributed by atoms with Crippen molar-refractivity contribution in [3.63, 3.8) is 0 Å². The highest BCUT2D eigenvalue weighted by Gasteiger charge is 2.41. The zero-order chi connectivity index (χ0) is 11.8. The molecule has 1 aromatic rings. The number of aliphatic hydroxyl groups is 1. The van der Waals surface area contributed by atoms with Crippen LogP contribution in [0.2, 0.25) is 0 Å². The van der Waals surface area contributed by atoms with Gasteiger partial charge in [-0.15, -0.1) is 0 Å². The Kier molecular flexibility index (Phi) is 2.76. The smallest absolute Gasteiger partial charge is 0.197 e. The zero-order valence-electron chi connectivity index (χ0n) is 9.42. The van der Waals surface area contributed by atoms with Crippen LogP contribution in [0.5, 0.6) is 11.5 Å². The fourth-order valence-electron chi connectivity index (χ4n) is 1.81. The lowest BCUT2D eigenvalue weighted by Crippen LogP contribution is -2.12. The second-order valence-corrected chi connectivity index (χ2v) is 4.17. The van der Waals surface area contributed by atoms with Crippen molar-refractivity contribution in [2.24, 2.45) is 0 Å². The van der Waals surface area contributed by atoms with Crippen LogP contribution in [0, 0.1) is 5.82 Å². The fraction of sp³-hybridized carbons (Fsp3) is 0.500. The quantitative estimate of drug-likeness (QED) is 0.852. The summed E-state index contributed by atoms with van der Waals surface area (Å²) in [7, 11) is 2.87. The van der Waals surface area contributed by atoms with E-state index in [9.17, 15) is 9.50 Å². The Morgan fingerprint density at radius 3 is 2.38 bits per heavy atom. The molecule has 0 unspecified atom stereocenters. The minimum absolute atomic E-state index is 0.101. The van der Waals surface area contributed by atoms with Gasteiger partial charge in [-0.3, -0.25) is 0 Å². The van der Waals surface area contributed by atoms with Crippen LogP contribution >= 0.6 is 0 Å². The van der Waals surface area contributed by atoms with E-state index < -0.39 is 11.4 Å². The molecule has 0 aromatic heterocycles. The summed E-state index contributed by atoms with van der Waals surface area (Å²) in [5.74, 6) is 0.0259. The summed E-state index contributed by atoms with van der Waals surface area (Å²) in [6.45, 7) is 0. The molecule has 4 heteroatoms. The van der Waals surface area contributed by atoms with Gasteiger partial charge < -0.3 is 14.6 Å². The highest BCUT2D eigenvalue weighted by molar-refractivity contribution is 5.48. The molecule has 1 saturated carbocycles. The third kappa shape index (κ3) is 1.97. The lowest BCUT2D eigenvalue weighted by Gasteiger charge is -2.15. The Labute approximate surface area is 93.8 Å². The molecule has 0 bridgehead atoms. The van der Waals surface area contributed by atoms with Crippen LogP contribution in [0.15, 0.2) is 12.1 Å². The van der Waals surface area contributed by atoms with E-state index in [-0.39, 0.29) is 5.75 Å². The van der Waals surface area contributed by atoms with E-state index in [4.69, 9.17) is 9.47 Å². The maximum absolute atomic E-state index is 13.4. The van der Waals surface area contributed by atoms with Crippen LogP contribution < -0.4 is 9.47 Å². The van der Waals surface area contributed by atoms with Crippen molar-refractivity contribution in [1.82, 2.24) is 0 Å². The van der Waals surface area contributed by atoms with Crippen molar-refractivity contribution in [3.8, 4) is 11.5 Å². The number of ether oxygens (including phenoxy) is 2. The minimum atomic E-state index is -0.629. The summed E-state index contributed by atoms with van der Waals surface area (Å²) >= 11 is 0. The molecule has 0 radical (unpaired) electrons. The van der Waals surface area contributed by atoms with Crippen molar-refractivity contribution < 1.29 is 19.0 Å². The predicted octanol–water partition coefficient (Wildman–Crippen LogP) is 1.91. The Morgan fingerprint density at radius 2 is 1.88 bits per heavy atom. The average Bonchev–Trinajstić information content (AvgIpc) is 2.98. The van der Waals surface area contributed by atoms with Crippen LogP contribution in [0.25, 0.3) is 0 Å². The van der Waals surface area contributed by atoms with Gasteiger partial charge in [0.25, 0.3) is 0 Å². The van der Waals surface area contributed by atoms with Gasteiger partial charge in [0.2, 0.25) is 0 Å². The van der Waals surface area contributed by atoms with E-state index in [2.05, 4.69) is 0 Å². The molecule has 16 heavy (non-hydrogen) atoms. The molecule has 0 spiro atoms. The fourth-order valence-corrected chi connectivity index (χ4v) is 1.81. The highest BCUT2D eigenvalue weighted by Crippen LogP contribution is 2.42. The van der Waals surface area contributed by atoms with Gasteiger partial charge in [-0.1, -0.05) is 6.07 Å². The third-order valence-corrected chi connectivity index (χ3v) is 2.90. The molecule has 1 aliphatic rings. The maximum atomic E-state index is 13.4. The van der Waals surface area contributed by atoms with Crippen LogP contribution in [0.4, 0.5) is 4.39 Å². The molecule has 1 aliphatic carbocycles. The van der Waals surface area contributed by atoms with E-state index in [1.807, 2.05) is 0 Å². The molecule has 1 aromatic carbocycles. The molecule has 2 rings (SSSR count). The van der Waals surface area contributed by atoms with Crippen LogP contribution in [-0.4, -0.2) is 24.9 Å². The zero-order valence-corrected chi connectivity index (χ0v) is 9.42. The van der Waals surface area contributed by atoms with Crippen molar-refractivity contribution in [3.05, 3.63) is 23.5 Å². The number of hydrogen-bond donors (Lipinski definition) is 1. The summed E-state index contributed by atoms with van der Waals surface area (Å²) in [5, 5.41) is 9.84. The van der Waals surface area contributed by atoms with E-state index >= 15 is 0 Å². The van der Waals surface area contributed by atoms with E-state index in [0.717, 1.165) is 18.4 Å². The number of halogens is 1. The topological polar surface area (TPSA) is 38.7 Å². The van der Waals surface area contributed by atoms with Gasteiger partial charge in [0, 0.05) is 12.0 Å². The summed E-state index contributed by atoms with van der Waals surface area (Å²) in [5.41, 5.74) is 0.150. The molecule has 1 N–H and O–H groups in total. The summed E-state index contributed by atoms with van der Waals surface area (Å²) in [4.78, 5) is 0. The molecule has 0 amide bonds. The SMILES string of the molecule is COc1c(F)ccc(CC2(O)CC2)c1OC.